The molecule has 2 aromatic rings. The number of nitrogens with zero attached hydrogens (tertiary/aromatic N) is 2. The van der Waals surface area contributed by atoms with Gasteiger partial charge in [-0.1, -0.05) is 35.4 Å². The lowest BCUT2D eigenvalue weighted by Gasteiger charge is -1.99. The zero-order valence-corrected chi connectivity index (χ0v) is 13.3. The fourth-order valence-electron chi connectivity index (χ4n) is 2.23. The molecule has 0 radical (unpaired) electrons. The number of ether oxygens (including phenoxy) is 1. The van der Waals surface area contributed by atoms with Gasteiger partial charge in [-0.2, -0.15) is 0 Å². The van der Waals surface area contributed by atoms with E-state index < -0.39 is 10.9 Å². The van der Waals surface area contributed by atoms with E-state index in [-0.39, 0.29) is 22.3 Å². The highest BCUT2D eigenvalue weighted by Gasteiger charge is 2.24. The lowest BCUT2D eigenvalue weighted by atomic mass is 10.1. The van der Waals surface area contributed by atoms with Gasteiger partial charge in [0, 0.05) is 11.6 Å². The SMILES string of the molecule is Cc1cccc(C2=N/C(=C\c3ccc(Cl)c([N+](=O)[O-])c3)C(=O)O2)c1. The average Bonchev–Trinajstić information content (AvgIpc) is 2.90. The second-order valence-electron chi connectivity index (χ2n) is 5.17. The van der Waals surface area contributed by atoms with Crippen LogP contribution >= 0.6 is 11.6 Å². The van der Waals surface area contributed by atoms with E-state index in [4.69, 9.17) is 16.3 Å². The van der Waals surface area contributed by atoms with Crippen LogP contribution in [0.2, 0.25) is 5.02 Å². The summed E-state index contributed by atoms with van der Waals surface area (Å²) in [6.07, 6.45) is 1.43. The van der Waals surface area contributed by atoms with Crippen LogP contribution in [0, 0.1) is 17.0 Å². The molecule has 0 spiro atoms. The van der Waals surface area contributed by atoms with Crippen molar-refractivity contribution in [1.82, 2.24) is 0 Å². The molecular formula is C17H11ClN2O4. The third-order valence-corrected chi connectivity index (χ3v) is 3.68. The number of rotatable bonds is 3. The van der Waals surface area contributed by atoms with Crippen LogP contribution in [0.5, 0.6) is 0 Å². The summed E-state index contributed by atoms with van der Waals surface area (Å²) in [5, 5.41) is 11.0. The molecule has 0 saturated heterocycles. The number of aryl methyl sites for hydroxylation is 1. The fourth-order valence-corrected chi connectivity index (χ4v) is 2.41. The molecule has 1 heterocycles. The predicted octanol–water partition coefficient (Wildman–Crippen LogP) is 3.90. The highest BCUT2D eigenvalue weighted by atomic mass is 35.5. The van der Waals surface area contributed by atoms with Crippen molar-refractivity contribution in [3.63, 3.8) is 0 Å². The Bertz CT molecular complexity index is 919. The van der Waals surface area contributed by atoms with Crippen LogP contribution in [0.3, 0.4) is 0 Å². The number of carbonyl (C=O) groups excluding carboxylic acids is 1. The number of hydrogen-bond donors (Lipinski definition) is 0. The molecule has 1 aliphatic heterocycles. The quantitative estimate of drug-likeness (QED) is 0.366. The van der Waals surface area contributed by atoms with Crippen molar-refractivity contribution in [3.8, 4) is 0 Å². The van der Waals surface area contributed by atoms with Gasteiger partial charge in [0.25, 0.3) is 5.69 Å². The Morgan fingerprint density at radius 1 is 1.25 bits per heavy atom. The van der Waals surface area contributed by atoms with Gasteiger partial charge in [0.2, 0.25) is 5.90 Å². The highest BCUT2D eigenvalue weighted by molar-refractivity contribution is 6.32. The van der Waals surface area contributed by atoms with Crippen LogP contribution in [0.4, 0.5) is 5.69 Å². The lowest BCUT2D eigenvalue weighted by molar-refractivity contribution is -0.384. The zero-order chi connectivity index (χ0) is 17.3. The van der Waals surface area contributed by atoms with Crippen LogP contribution in [0.15, 0.2) is 53.2 Å². The number of cyclic esters (lactones) is 1. The Morgan fingerprint density at radius 2 is 2.04 bits per heavy atom. The Kier molecular flexibility index (Phi) is 4.14. The molecule has 7 heteroatoms. The number of aliphatic imine (C=N–C) groups is 1. The molecule has 3 rings (SSSR count). The molecule has 120 valence electrons. The first-order chi connectivity index (χ1) is 11.4. The summed E-state index contributed by atoms with van der Waals surface area (Å²) in [4.78, 5) is 26.5. The first-order valence-electron chi connectivity index (χ1n) is 6.97. The van der Waals surface area contributed by atoms with E-state index in [1.807, 2.05) is 25.1 Å². The number of carbonyl (C=O) groups is 1. The van der Waals surface area contributed by atoms with E-state index in [1.165, 1.54) is 18.2 Å². The maximum absolute atomic E-state index is 12.0. The van der Waals surface area contributed by atoms with Gasteiger partial charge < -0.3 is 4.74 Å². The van der Waals surface area contributed by atoms with Gasteiger partial charge >= 0.3 is 5.97 Å². The van der Waals surface area contributed by atoms with Crippen molar-refractivity contribution in [3.05, 3.63) is 80.0 Å². The summed E-state index contributed by atoms with van der Waals surface area (Å²) in [6.45, 7) is 1.92. The molecule has 6 nitrogen and oxygen atoms in total. The Morgan fingerprint density at radius 3 is 2.75 bits per heavy atom. The summed E-state index contributed by atoms with van der Waals surface area (Å²) < 4.78 is 5.17. The van der Waals surface area contributed by atoms with Gasteiger partial charge in [-0.25, -0.2) is 9.79 Å². The average molecular weight is 343 g/mol. The summed E-state index contributed by atoms with van der Waals surface area (Å²) in [6, 6.07) is 11.6. The molecular weight excluding hydrogens is 332 g/mol. The molecule has 0 atom stereocenters. The van der Waals surface area contributed by atoms with Gasteiger partial charge in [-0.05, 0) is 36.8 Å². The van der Waals surface area contributed by atoms with Crippen LogP contribution in [0.25, 0.3) is 6.08 Å². The number of nitro groups is 1. The van der Waals surface area contributed by atoms with Crippen molar-refractivity contribution in [2.24, 2.45) is 4.99 Å². The Balaban J connectivity index is 1.97. The first-order valence-corrected chi connectivity index (χ1v) is 7.35. The van der Waals surface area contributed by atoms with Gasteiger partial charge in [0.05, 0.1) is 4.92 Å². The first kappa shape index (κ1) is 15.9. The minimum atomic E-state index is -0.607. The Labute approximate surface area is 142 Å². The number of benzene rings is 2. The molecule has 0 aromatic heterocycles. The highest BCUT2D eigenvalue weighted by Crippen LogP contribution is 2.27. The largest absolute Gasteiger partial charge is 0.402 e. The van der Waals surface area contributed by atoms with E-state index in [2.05, 4.69) is 4.99 Å². The van der Waals surface area contributed by atoms with E-state index in [9.17, 15) is 14.9 Å². The summed E-state index contributed by atoms with van der Waals surface area (Å²) in [7, 11) is 0. The van der Waals surface area contributed by atoms with Crippen molar-refractivity contribution in [1.29, 1.82) is 0 Å². The molecule has 2 aromatic carbocycles. The van der Waals surface area contributed by atoms with Crippen LogP contribution < -0.4 is 0 Å². The number of esters is 1. The maximum atomic E-state index is 12.0. The standard InChI is InChI=1S/C17H11ClN2O4/c1-10-3-2-4-12(7-10)16-19-14(17(21)24-16)8-11-5-6-13(18)15(9-11)20(22)23/h2-9H,1H3/b14-8-. The van der Waals surface area contributed by atoms with Crippen LogP contribution in [-0.4, -0.2) is 16.8 Å². The molecule has 0 bridgehead atoms. The molecule has 0 saturated carbocycles. The smallest absolute Gasteiger partial charge is 0.363 e. The van der Waals surface area contributed by atoms with Gasteiger partial charge in [0.15, 0.2) is 5.70 Å². The molecule has 24 heavy (non-hydrogen) atoms. The van der Waals surface area contributed by atoms with E-state index >= 15 is 0 Å². The zero-order valence-electron chi connectivity index (χ0n) is 12.5. The predicted molar refractivity (Wildman–Crippen MR) is 89.9 cm³/mol. The molecule has 0 aliphatic carbocycles. The minimum absolute atomic E-state index is 0.0279. The molecule has 1 aliphatic rings. The van der Waals surface area contributed by atoms with Crippen molar-refractivity contribution in [2.75, 3.05) is 0 Å². The van der Waals surface area contributed by atoms with E-state index in [1.54, 1.807) is 12.1 Å². The summed E-state index contributed by atoms with van der Waals surface area (Å²) >= 11 is 5.77. The van der Waals surface area contributed by atoms with Crippen molar-refractivity contribution >= 4 is 35.2 Å². The molecule has 0 N–H and O–H groups in total. The van der Waals surface area contributed by atoms with Crippen LogP contribution in [0.1, 0.15) is 16.7 Å². The minimum Gasteiger partial charge on any atom is -0.402 e. The monoisotopic (exact) mass is 342 g/mol. The topological polar surface area (TPSA) is 81.8 Å². The van der Waals surface area contributed by atoms with E-state index in [0.29, 0.717) is 11.1 Å². The second-order valence-corrected chi connectivity index (χ2v) is 5.58. The Hall–Kier alpha value is -2.99. The molecule has 0 unspecified atom stereocenters. The third kappa shape index (κ3) is 3.18. The number of halogens is 1. The summed E-state index contributed by atoms with van der Waals surface area (Å²) in [5.74, 6) is -0.400. The number of hydrogen-bond acceptors (Lipinski definition) is 5. The normalized spacial score (nSPS) is 15.3. The van der Waals surface area contributed by atoms with Gasteiger partial charge in [-0.3, -0.25) is 10.1 Å². The number of nitro benzene ring substituents is 1. The van der Waals surface area contributed by atoms with Crippen molar-refractivity contribution < 1.29 is 14.5 Å². The summed E-state index contributed by atoms with van der Waals surface area (Å²) in [5.41, 5.74) is 1.97. The third-order valence-electron chi connectivity index (χ3n) is 3.36. The van der Waals surface area contributed by atoms with Gasteiger partial charge in [-0.15, -0.1) is 0 Å². The van der Waals surface area contributed by atoms with E-state index in [0.717, 1.165) is 5.56 Å². The van der Waals surface area contributed by atoms with Gasteiger partial charge in [0.1, 0.15) is 5.02 Å². The van der Waals surface area contributed by atoms with Crippen LogP contribution in [-0.2, 0) is 9.53 Å². The lowest BCUT2D eigenvalue weighted by Crippen LogP contribution is -2.05. The maximum Gasteiger partial charge on any atom is 0.363 e. The van der Waals surface area contributed by atoms with Crippen molar-refractivity contribution in [2.45, 2.75) is 6.92 Å². The molecule has 0 amide bonds. The molecule has 0 fully saturated rings. The second kappa shape index (κ2) is 6.25. The fraction of sp³-hybridized carbons (Fsp3) is 0.0588.